The molecule has 1 amide bonds. The van der Waals surface area contributed by atoms with E-state index in [1.54, 1.807) is 0 Å². The second-order valence-electron chi connectivity index (χ2n) is 3.25. The van der Waals surface area contributed by atoms with Crippen molar-refractivity contribution in [2.45, 2.75) is 18.1 Å². The molecule has 6 nitrogen and oxygen atoms in total. The molecule has 0 aliphatic carbocycles. The number of nitrogens with two attached hydrogens (primary N) is 1. The van der Waals surface area contributed by atoms with Gasteiger partial charge in [0.05, 0.1) is 12.4 Å². The van der Waals surface area contributed by atoms with E-state index in [2.05, 4.69) is 4.74 Å². The van der Waals surface area contributed by atoms with Crippen molar-refractivity contribution in [1.29, 1.82) is 0 Å². The Balaban J connectivity index is 2.51. The molecular weight excluding hydrogens is 208 g/mol. The van der Waals surface area contributed by atoms with Crippen molar-refractivity contribution in [3.63, 3.8) is 0 Å². The Labute approximate surface area is 83.1 Å². The molecule has 0 atom stereocenters. The molecule has 0 radical (unpaired) electrons. The van der Waals surface area contributed by atoms with Crippen LogP contribution in [0.5, 0.6) is 0 Å². The highest BCUT2D eigenvalue weighted by molar-refractivity contribution is 7.89. The summed E-state index contributed by atoms with van der Waals surface area (Å²) >= 11 is 0. The van der Waals surface area contributed by atoms with Gasteiger partial charge in [0, 0.05) is 13.1 Å². The first-order valence-corrected chi connectivity index (χ1v) is 5.90. The molecule has 0 bridgehead atoms. The maximum atomic E-state index is 11.0. The summed E-state index contributed by atoms with van der Waals surface area (Å²) in [5.41, 5.74) is 0. The van der Waals surface area contributed by atoms with E-state index in [1.165, 1.54) is 12.0 Å². The van der Waals surface area contributed by atoms with Gasteiger partial charge in [-0.1, -0.05) is 0 Å². The second kappa shape index (κ2) is 4.14. The molecule has 0 aromatic heterocycles. The van der Waals surface area contributed by atoms with E-state index in [1.807, 2.05) is 0 Å². The molecule has 1 rings (SSSR count). The standard InChI is InChI=1S/C7H14N2O4S/c1-13-7(10)9-4-2-6(3-5-9)14(8,11)12/h6H,2-5H2,1H3,(H2,8,11,12). The van der Waals surface area contributed by atoms with Crippen LogP contribution in [-0.4, -0.2) is 44.9 Å². The molecule has 0 saturated carbocycles. The molecule has 1 heterocycles. The van der Waals surface area contributed by atoms with Crippen LogP contribution in [0.25, 0.3) is 0 Å². The first-order valence-electron chi connectivity index (χ1n) is 4.29. The first-order chi connectivity index (χ1) is 6.45. The zero-order chi connectivity index (χ0) is 10.8. The Kier molecular flexibility index (Phi) is 3.33. The number of hydrogen-bond acceptors (Lipinski definition) is 4. The van der Waals surface area contributed by atoms with Gasteiger partial charge in [-0.15, -0.1) is 0 Å². The Morgan fingerprint density at radius 3 is 2.29 bits per heavy atom. The normalized spacial score (nSPS) is 19.4. The van der Waals surface area contributed by atoms with Gasteiger partial charge in [0.1, 0.15) is 0 Å². The molecule has 0 aromatic rings. The average Bonchev–Trinajstić information content (AvgIpc) is 2.15. The Morgan fingerprint density at radius 2 is 1.93 bits per heavy atom. The van der Waals surface area contributed by atoms with Crippen LogP contribution in [0, 0.1) is 0 Å². The number of primary sulfonamides is 1. The fourth-order valence-electron chi connectivity index (χ4n) is 1.50. The monoisotopic (exact) mass is 222 g/mol. The molecule has 0 spiro atoms. The van der Waals surface area contributed by atoms with Crippen molar-refractivity contribution >= 4 is 16.1 Å². The third kappa shape index (κ3) is 2.58. The number of methoxy groups -OCH3 is 1. The summed E-state index contributed by atoms with van der Waals surface area (Å²) in [5, 5.41) is 4.48. The lowest BCUT2D eigenvalue weighted by Gasteiger charge is -2.29. The highest BCUT2D eigenvalue weighted by Crippen LogP contribution is 2.16. The van der Waals surface area contributed by atoms with Crippen molar-refractivity contribution < 1.29 is 17.9 Å². The fraction of sp³-hybridized carbons (Fsp3) is 0.857. The predicted octanol–water partition coefficient (Wildman–Crippen LogP) is -0.494. The van der Waals surface area contributed by atoms with Crippen molar-refractivity contribution in [2.75, 3.05) is 20.2 Å². The molecular formula is C7H14N2O4S. The van der Waals surface area contributed by atoms with Gasteiger partial charge in [-0.2, -0.15) is 0 Å². The number of carbonyl (C=O) groups is 1. The molecule has 1 fully saturated rings. The smallest absolute Gasteiger partial charge is 0.409 e. The lowest BCUT2D eigenvalue weighted by molar-refractivity contribution is 0.115. The van der Waals surface area contributed by atoms with Crippen LogP contribution in [0.4, 0.5) is 4.79 Å². The molecule has 0 aromatic carbocycles. The van der Waals surface area contributed by atoms with Crippen molar-refractivity contribution in [1.82, 2.24) is 4.90 Å². The molecule has 14 heavy (non-hydrogen) atoms. The van der Waals surface area contributed by atoms with E-state index in [0.717, 1.165) is 0 Å². The van der Waals surface area contributed by atoms with Crippen LogP contribution >= 0.6 is 0 Å². The molecule has 1 aliphatic heterocycles. The van der Waals surface area contributed by atoms with Crippen LogP contribution in [0.2, 0.25) is 0 Å². The summed E-state index contributed by atoms with van der Waals surface area (Å²) in [7, 11) is -2.16. The number of nitrogens with zero attached hydrogens (tertiary/aromatic N) is 1. The van der Waals surface area contributed by atoms with Crippen LogP contribution in [0.1, 0.15) is 12.8 Å². The lowest BCUT2D eigenvalue weighted by Crippen LogP contribution is -2.44. The van der Waals surface area contributed by atoms with Gasteiger partial charge < -0.3 is 9.64 Å². The average molecular weight is 222 g/mol. The Hall–Kier alpha value is -0.820. The zero-order valence-electron chi connectivity index (χ0n) is 7.97. The van der Waals surface area contributed by atoms with Crippen LogP contribution in [-0.2, 0) is 14.8 Å². The minimum Gasteiger partial charge on any atom is -0.453 e. The Morgan fingerprint density at radius 1 is 1.43 bits per heavy atom. The third-order valence-corrected chi connectivity index (χ3v) is 3.74. The number of carbonyl (C=O) groups excluding carboxylic acids is 1. The quantitative estimate of drug-likeness (QED) is 0.648. The number of amides is 1. The van der Waals surface area contributed by atoms with E-state index in [4.69, 9.17) is 5.14 Å². The lowest BCUT2D eigenvalue weighted by atomic mass is 10.1. The minimum absolute atomic E-state index is 0.383. The van der Waals surface area contributed by atoms with E-state index >= 15 is 0 Å². The minimum atomic E-state index is -3.46. The predicted molar refractivity (Wildman–Crippen MR) is 50.1 cm³/mol. The summed E-state index contributed by atoms with van der Waals surface area (Å²) in [6.45, 7) is 0.765. The van der Waals surface area contributed by atoms with E-state index < -0.39 is 21.4 Å². The van der Waals surface area contributed by atoms with E-state index in [0.29, 0.717) is 25.9 Å². The summed E-state index contributed by atoms with van der Waals surface area (Å²) in [6.07, 6.45) is 0.347. The molecule has 0 unspecified atom stereocenters. The van der Waals surface area contributed by atoms with Gasteiger partial charge in [-0.05, 0) is 12.8 Å². The SMILES string of the molecule is COC(=O)N1CCC(S(N)(=O)=O)CC1. The molecule has 7 heteroatoms. The maximum Gasteiger partial charge on any atom is 0.409 e. The van der Waals surface area contributed by atoms with Gasteiger partial charge in [0.2, 0.25) is 10.0 Å². The van der Waals surface area contributed by atoms with Crippen molar-refractivity contribution in [3.8, 4) is 0 Å². The third-order valence-electron chi connectivity index (χ3n) is 2.34. The number of likely N-dealkylation sites (tertiary alicyclic amines) is 1. The van der Waals surface area contributed by atoms with E-state index in [-0.39, 0.29) is 0 Å². The topological polar surface area (TPSA) is 89.7 Å². The fourth-order valence-corrected chi connectivity index (χ4v) is 2.36. The summed E-state index contributed by atoms with van der Waals surface area (Å²) in [5.74, 6) is 0. The summed E-state index contributed by atoms with van der Waals surface area (Å²) < 4.78 is 26.5. The Bertz CT molecular complexity index is 306. The van der Waals surface area contributed by atoms with Crippen molar-refractivity contribution in [2.24, 2.45) is 5.14 Å². The molecule has 1 aliphatic rings. The largest absolute Gasteiger partial charge is 0.453 e. The van der Waals surface area contributed by atoms with Crippen LogP contribution in [0.3, 0.4) is 0 Å². The highest BCUT2D eigenvalue weighted by atomic mass is 32.2. The van der Waals surface area contributed by atoms with Gasteiger partial charge in [0.15, 0.2) is 0 Å². The summed E-state index contributed by atoms with van der Waals surface area (Å²) in [6, 6.07) is 0. The van der Waals surface area contributed by atoms with Gasteiger partial charge >= 0.3 is 6.09 Å². The molecule has 2 N–H and O–H groups in total. The van der Waals surface area contributed by atoms with Crippen LogP contribution in [0.15, 0.2) is 0 Å². The number of piperidine rings is 1. The first kappa shape index (κ1) is 11.3. The van der Waals surface area contributed by atoms with E-state index in [9.17, 15) is 13.2 Å². The van der Waals surface area contributed by atoms with Gasteiger partial charge in [-0.25, -0.2) is 18.4 Å². The number of rotatable bonds is 1. The maximum absolute atomic E-state index is 11.0. The molecule has 1 saturated heterocycles. The number of hydrogen-bond donors (Lipinski definition) is 1. The zero-order valence-corrected chi connectivity index (χ0v) is 8.79. The van der Waals surface area contributed by atoms with Crippen molar-refractivity contribution in [3.05, 3.63) is 0 Å². The second-order valence-corrected chi connectivity index (χ2v) is 5.09. The van der Waals surface area contributed by atoms with Gasteiger partial charge in [0.25, 0.3) is 0 Å². The number of ether oxygens (including phenoxy) is 1. The highest BCUT2D eigenvalue weighted by Gasteiger charge is 2.29. The van der Waals surface area contributed by atoms with Gasteiger partial charge in [-0.3, -0.25) is 0 Å². The number of sulfonamides is 1. The molecule has 82 valence electrons. The van der Waals surface area contributed by atoms with Crippen LogP contribution < -0.4 is 5.14 Å². The summed E-state index contributed by atoms with van der Waals surface area (Å²) in [4.78, 5) is 12.5.